The second-order valence-electron chi connectivity index (χ2n) is 6.92. The maximum atomic E-state index is 13.3. The van der Waals surface area contributed by atoms with Crippen molar-refractivity contribution in [2.24, 2.45) is 4.99 Å². The fourth-order valence-corrected chi connectivity index (χ4v) is 3.20. The van der Waals surface area contributed by atoms with Gasteiger partial charge in [0.1, 0.15) is 18.0 Å². The summed E-state index contributed by atoms with van der Waals surface area (Å²) in [7, 11) is 0. The van der Waals surface area contributed by atoms with Crippen LogP contribution in [0.1, 0.15) is 39.1 Å². The lowest BCUT2D eigenvalue weighted by Gasteiger charge is -2.25. The van der Waals surface area contributed by atoms with Gasteiger partial charge in [-0.05, 0) is 24.6 Å². The van der Waals surface area contributed by atoms with Crippen molar-refractivity contribution in [3.8, 4) is 0 Å². The van der Waals surface area contributed by atoms with E-state index in [-0.39, 0.29) is 35.2 Å². The van der Waals surface area contributed by atoms with Gasteiger partial charge in [0.25, 0.3) is 0 Å². The van der Waals surface area contributed by atoms with Crippen LogP contribution in [0.5, 0.6) is 0 Å². The summed E-state index contributed by atoms with van der Waals surface area (Å²) < 4.78 is 15.3. The number of hydrogen-bond donors (Lipinski definition) is 2. The van der Waals surface area contributed by atoms with Crippen molar-refractivity contribution >= 4 is 41.5 Å². The molecule has 1 aromatic carbocycles. The molecule has 0 unspecified atom stereocenters. The highest BCUT2D eigenvalue weighted by Gasteiger charge is 2.23. The first kappa shape index (κ1) is 24.6. The van der Waals surface area contributed by atoms with E-state index in [2.05, 4.69) is 32.7 Å². The Balaban J connectivity index is 0.00000392. The molecule has 0 saturated heterocycles. The number of halogens is 3. The van der Waals surface area contributed by atoms with Gasteiger partial charge < -0.3 is 15.2 Å². The van der Waals surface area contributed by atoms with Crippen LogP contribution < -0.4 is 10.6 Å². The second-order valence-corrected chi connectivity index (χ2v) is 7.33. The van der Waals surface area contributed by atoms with Crippen molar-refractivity contribution in [1.82, 2.24) is 25.4 Å². The highest BCUT2D eigenvalue weighted by molar-refractivity contribution is 14.0. The van der Waals surface area contributed by atoms with Crippen molar-refractivity contribution in [2.45, 2.75) is 46.1 Å². The molecule has 2 rings (SSSR count). The van der Waals surface area contributed by atoms with E-state index in [0.29, 0.717) is 18.1 Å². The number of aryl methyl sites for hydroxylation is 1. The van der Waals surface area contributed by atoms with Gasteiger partial charge in [0.2, 0.25) is 0 Å². The lowest BCUT2D eigenvalue weighted by atomic mass is 9.84. The SMILES string of the molecule is CCNC(=NCC(C)(C)c1ccc(F)cc1Cl)NCCn1cnnc1CC.I. The molecule has 0 fully saturated rings. The molecular formula is C19H29ClFIN6. The minimum Gasteiger partial charge on any atom is -0.357 e. The van der Waals surface area contributed by atoms with Crippen molar-refractivity contribution in [1.29, 1.82) is 0 Å². The Morgan fingerprint density at radius 1 is 1.29 bits per heavy atom. The van der Waals surface area contributed by atoms with Gasteiger partial charge in [0, 0.05) is 36.5 Å². The number of benzene rings is 1. The van der Waals surface area contributed by atoms with Gasteiger partial charge in [-0.3, -0.25) is 4.99 Å². The second kappa shape index (κ2) is 11.5. The molecule has 0 amide bonds. The van der Waals surface area contributed by atoms with Crippen LogP contribution in [0.3, 0.4) is 0 Å². The number of nitrogens with zero attached hydrogens (tertiary/aromatic N) is 4. The van der Waals surface area contributed by atoms with Crippen LogP contribution in [0.25, 0.3) is 0 Å². The summed E-state index contributed by atoms with van der Waals surface area (Å²) in [6, 6.07) is 4.50. The Kier molecular flexibility index (Phi) is 10.2. The van der Waals surface area contributed by atoms with E-state index in [4.69, 9.17) is 11.6 Å². The quantitative estimate of drug-likeness (QED) is 0.315. The van der Waals surface area contributed by atoms with E-state index in [1.54, 1.807) is 12.4 Å². The zero-order valence-electron chi connectivity index (χ0n) is 16.8. The molecule has 0 spiro atoms. The third-order valence-electron chi connectivity index (χ3n) is 4.29. The normalized spacial score (nSPS) is 11.9. The van der Waals surface area contributed by atoms with Crippen LogP contribution >= 0.6 is 35.6 Å². The zero-order chi connectivity index (χ0) is 19.9. The highest BCUT2D eigenvalue weighted by Crippen LogP contribution is 2.30. The van der Waals surface area contributed by atoms with Crippen LogP contribution in [0, 0.1) is 5.82 Å². The van der Waals surface area contributed by atoms with E-state index in [0.717, 1.165) is 36.9 Å². The number of nitrogens with one attached hydrogen (secondary N) is 2. The van der Waals surface area contributed by atoms with Crippen LogP contribution in [0.2, 0.25) is 5.02 Å². The minimum absolute atomic E-state index is 0. The molecule has 0 saturated carbocycles. The third-order valence-corrected chi connectivity index (χ3v) is 4.61. The van der Waals surface area contributed by atoms with Crippen LogP contribution in [-0.4, -0.2) is 40.4 Å². The van der Waals surface area contributed by atoms with Crippen molar-refractivity contribution < 1.29 is 4.39 Å². The summed E-state index contributed by atoms with van der Waals surface area (Å²) in [5.74, 6) is 1.36. The molecule has 0 radical (unpaired) electrons. The molecule has 9 heteroatoms. The molecule has 0 aliphatic carbocycles. The Morgan fingerprint density at radius 2 is 2.04 bits per heavy atom. The molecular weight excluding hydrogens is 494 g/mol. The highest BCUT2D eigenvalue weighted by atomic mass is 127. The van der Waals surface area contributed by atoms with Crippen LogP contribution in [0.4, 0.5) is 4.39 Å². The van der Waals surface area contributed by atoms with E-state index >= 15 is 0 Å². The topological polar surface area (TPSA) is 67.1 Å². The maximum Gasteiger partial charge on any atom is 0.191 e. The van der Waals surface area contributed by atoms with Crippen molar-refractivity contribution in [3.05, 3.63) is 46.8 Å². The predicted octanol–water partition coefficient (Wildman–Crippen LogP) is 3.78. The molecule has 2 aromatic rings. The Morgan fingerprint density at radius 3 is 2.68 bits per heavy atom. The lowest BCUT2D eigenvalue weighted by molar-refractivity contribution is 0.534. The molecule has 0 aliphatic heterocycles. The molecule has 0 bridgehead atoms. The first-order valence-electron chi connectivity index (χ1n) is 9.21. The summed E-state index contributed by atoms with van der Waals surface area (Å²) >= 11 is 6.23. The summed E-state index contributed by atoms with van der Waals surface area (Å²) in [6.45, 7) is 10.9. The van der Waals surface area contributed by atoms with E-state index < -0.39 is 0 Å². The summed E-state index contributed by atoms with van der Waals surface area (Å²) in [5, 5.41) is 15.0. The summed E-state index contributed by atoms with van der Waals surface area (Å²) in [6.07, 6.45) is 2.59. The first-order chi connectivity index (χ1) is 12.9. The maximum absolute atomic E-state index is 13.3. The number of rotatable bonds is 8. The molecule has 1 heterocycles. The van der Waals surface area contributed by atoms with E-state index in [1.807, 2.05) is 25.3 Å². The molecule has 28 heavy (non-hydrogen) atoms. The van der Waals surface area contributed by atoms with Gasteiger partial charge in [-0.15, -0.1) is 34.2 Å². The van der Waals surface area contributed by atoms with Gasteiger partial charge >= 0.3 is 0 Å². The molecule has 0 aliphatic rings. The number of guanidine groups is 1. The van der Waals surface area contributed by atoms with Crippen LogP contribution in [-0.2, 0) is 18.4 Å². The standard InChI is InChI=1S/C19H28ClFN6.HI/c1-5-17-26-25-13-27(17)10-9-23-18(22-6-2)24-12-19(3,4)15-8-7-14(21)11-16(15)20;/h7-8,11,13H,5-6,9-10,12H2,1-4H3,(H2,22,23,24);1H. The number of aliphatic imine (C=N–C) groups is 1. The average Bonchev–Trinajstić information content (AvgIpc) is 3.07. The monoisotopic (exact) mass is 522 g/mol. The van der Waals surface area contributed by atoms with Crippen LogP contribution in [0.15, 0.2) is 29.5 Å². The Labute approximate surface area is 188 Å². The first-order valence-corrected chi connectivity index (χ1v) is 9.59. The molecule has 2 N–H and O–H groups in total. The Bertz CT molecular complexity index is 778. The fourth-order valence-electron chi connectivity index (χ4n) is 2.78. The van der Waals surface area contributed by atoms with Gasteiger partial charge in [-0.1, -0.05) is 38.4 Å². The van der Waals surface area contributed by atoms with Gasteiger partial charge in [0.05, 0.1) is 6.54 Å². The van der Waals surface area contributed by atoms with Gasteiger partial charge in [-0.2, -0.15) is 0 Å². The molecule has 156 valence electrons. The lowest BCUT2D eigenvalue weighted by Crippen LogP contribution is -2.40. The molecule has 1 aromatic heterocycles. The largest absolute Gasteiger partial charge is 0.357 e. The van der Waals surface area contributed by atoms with Gasteiger partial charge in [0.15, 0.2) is 5.96 Å². The molecule has 6 nitrogen and oxygen atoms in total. The average molecular weight is 523 g/mol. The van der Waals surface area contributed by atoms with E-state index in [9.17, 15) is 4.39 Å². The van der Waals surface area contributed by atoms with E-state index in [1.165, 1.54) is 12.1 Å². The molecule has 0 atom stereocenters. The number of aromatic nitrogens is 3. The Hall–Kier alpha value is -1.42. The zero-order valence-corrected chi connectivity index (χ0v) is 19.9. The van der Waals surface area contributed by atoms with Crippen molar-refractivity contribution in [3.63, 3.8) is 0 Å². The smallest absolute Gasteiger partial charge is 0.191 e. The summed E-state index contributed by atoms with van der Waals surface area (Å²) in [4.78, 5) is 4.69. The number of hydrogen-bond acceptors (Lipinski definition) is 3. The minimum atomic E-state index is -0.335. The van der Waals surface area contributed by atoms with Gasteiger partial charge in [-0.25, -0.2) is 4.39 Å². The summed E-state index contributed by atoms with van der Waals surface area (Å²) in [5.41, 5.74) is 0.554. The third kappa shape index (κ3) is 6.88. The van der Waals surface area contributed by atoms with Crippen molar-refractivity contribution in [2.75, 3.05) is 19.6 Å². The fraction of sp³-hybridized carbons (Fsp3) is 0.526. The predicted molar refractivity (Wildman–Crippen MR) is 123 cm³/mol.